The van der Waals surface area contributed by atoms with Crippen LogP contribution in [0.15, 0.2) is 48.5 Å². The van der Waals surface area contributed by atoms with Crippen molar-refractivity contribution < 1.29 is 19.5 Å². The standard InChI is InChI=1S/C27H35BN4O4/c1-17(31(2)28)25(34)30-24(19-12-14-20(33)15-13-19)27(36)32-16-6-11-23(32)26(35)29-22-10-5-8-18-7-3-4-9-21(18)22/h3-4,7,9,12-15,17,22-24,33H,5-6,8,10-11,16,28H2,1-2H3,(H,29,35)(H,30,34)/t17-,22+,23-,24-/m0/s1. The number of nitrogens with one attached hydrogen (secondary N) is 2. The van der Waals surface area contributed by atoms with Crippen LogP contribution in [0.3, 0.4) is 0 Å². The SMILES string of the molecule is BN(C)[C@@H](C)C(=O)N[C@H](C(=O)N1CCC[C@H]1C(=O)N[C@@H]1CCCc2ccccc21)c1ccc(O)cc1. The highest BCUT2D eigenvalue weighted by Gasteiger charge is 2.39. The zero-order chi connectivity index (χ0) is 25.8. The van der Waals surface area contributed by atoms with Crippen molar-refractivity contribution in [3.8, 4) is 5.75 Å². The van der Waals surface area contributed by atoms with Gasteiger partial charge in [0.1, 0.15) is 17.8 Å². The van der Waals surface area contributed by atoms with Gasteiger partial charge in [0.2, 0.25) is 17.7 Å². The van der Waals surface area contributed by atoms with Crippen LogP contribution in [0.5, 0.6) is 5.75 Å². The van der Waals surface area contributed by atoms with Gasteiger partial charge in [-0.15, -0.1) is 0 Å². The number of carbonyl (C=O) groups is 3. The number of aromatic hydroxyl groups is 1. The molecule has 0 radical (unpaired) electrons. The van der Waals surface area contributed by atoms with Crippen molar-refractivity contribution in [2.24, 2.45) is 0 Å². The topological polar surface area (TPSA) is 102 Å². The third-order valence-corrected chi connectivity index (χ3v) is 7.44. The number of nitrogens with zero attached hydrogens (tertiary/aromatic N) is 2. The summed E-state index contributed by atoms with van der Waals surface area (Å²) in [6.07, 6.45) is 4.19. The minimum atomic E-state index is -0.954. The average Bonchev–Trinajstić information content (AvgIpc) is 3.37. The highest BCUT2D eigenvalue weighted by Crippen LogP contribution is 2.31. The Labute approximate surface area is 213 Å². The molecule has 4 atom stereocenters. The van der Waals surface area contributed by atoms with E-state index >= 15 is 0 Å². The number of likely N-dealkylation sites (N-methyl/N-ethyl adjacent to an activating group) is 1. The second-order valence-corrected chi connectivity index (χ2v) is 10.0. The van der Waals surface area contributed by atoms with Crippen LogP contribution < -0.4 is 10.6 Å². The third-order valence-electron chi connectivity index (χ3n) is 7.44. The Bertz CT molecular complexity index is 1110. The van der Waals surface area contributed by atoms with Crippen LogP contribution in [-0.4, -0.2) is 66.2 Å². The Hall–Kier alpha value is -3.33. The van der Waals surface area contributed by atoms with E-state index in [9.17, 15) is 19.5 Å². The zero-order valence-electron chi connectivity index (χ0n) is 21.2. The highest BCUT2D eigenvalue weighted by atomic mass is 16.3. The lowest BCUT2D eigenvalue weighted by Gasteiger charge is -2.32. The summed E-state index contributed by atoms with van der Waals surface area (Å²) in [5.74, 6) is -0.684. The molecule has 36 heavy (non-hydrogen) atoms. The first-order valence-corrected chi connectivity index (χ1v) is 12.7. The highest BCUT2D eigenvalue weighted by molar-refractivity contribution is 6.06. The first-order chi connectivity index (χ1) is 17.3. The summed E-state index contributed by atoms with van der Waals surface area (Å²) in [6.45, 7) is 2.22. The van der Waals surface area contributed by atoms with Gasteiger partial charge < -0.3 is 25.5 Å². The van der Waals surface area contributed by atoms with E-state index in [1.165, 1.54) is 17.7 Å². The van der Waals surface area contributed by atoms with Crippen molar-refractivity contribution in [3.63, 3.8) is 0 Å². The quantitative estimate of drug-likeness (QED) is 0.512. The van der Waals surface area contributed by atoms with Crippen molar-refractivity contribution >= 4 is 25.7 Å². The maximum Gasteiger partial charge on any atom is 0.250 e. The molecule has 1 saturated heterocycles. The molecule has 1 aliphatic heterocycles. The molecular formula is C27H35BN4O4. The molecule has 8 nitrogen and oxygen atoms in total. The normalized spacial score (nSPS) is 20.9. The van der Waals surface area contributed by atoms with Gasteiger partial charge >= 0.3 is 0 Å². The van der Waals surface area contributed by atoms with E-state index in [-0.39, 0.29) is 29.5 Å². The Kier molecular flexibility index (Phi) is 7.99. The minimum Gasteiger partial charge on any atom is -0.508 e. The van der Waals surface area contributed by atoms with Crippen LogP contribution in [0, 0.1) is 0 Å². The van der Waals surface area contributed by atoms with Crippen molar-refractivity contribution in [2.75, 3.05) is 13.6 Å². The molecule has 0 unspecified atom stereocenters. The molecule has 0 aromatic heterocycles. The lowest BCUT2D eigenvalue weighted by atomic mass is 9.87. The number of hydrogen-bond acceptors (Lipinski definition) is 5. The van der Waals surface area contributed by atoms with E-state index in [2.05, 4.69) is 22.8 Å². The number of amides is 3. The van der Waals surface area contributed by atoms with Gasteiger partial charge in [0.25, 0.3) is 0 Å². The number of likely N-dealkylation sites (tertiary alicyclic amines) is 1. The van der Waals surface area contributed by atoms with Crippen molar-refractivity contribution in [1.82, 2.24) is 20.3 Å². The summed E-state index contributed by atoms with van der Waals surface area (Å²) in [7, 11) is 3.59. The molecule has 0 saturated carbocycles. The predicted molar refractivity (Wildman–Crippen MR) is 140 cm³/mol. The third kappa shape index (κ3) is 5.56. The molecular weight excluding hydrogens is 455 g/mol. The molecule has 4 rings (SSSR count). The molecule has 1 fully saturated rings. The maximum atomic E-state index is 13.8. The van der Waals surface area contributed by atoms with E-state index in [1.807, 2.05) is 12.1 Å². The van der Waals surface area contributed by atoms with Gasteiger partial charge in [-0.1, -0.05) is 36.4 Å². The van der Waals surface area contributed by atoms with Crippen LogP contribution in [0.2, 0.25) is 0 Å². The molecule has 0 spiro atoms. The number of aryl methyl sites for hydroxylation is 1. The number of hydrogen-bond donors (Lipinski definition) is 3. The fourth-order valence-electron chi connectivity index (χ4n) is 5.09. The van der Waals surface area contributed by atoms with Gasteiger partial charge in [0, 0.05) is 6.54 Å². The Morgan fingerprint density at radius 1 is 1.08 bits per heavy atom. The summed E-state index contributed by atoms with van der Waals surface area (Å²) in [4.78, 5) is 43.5. The molecule has 0 bridgehead atoms. The molecule has 3 N–H and O–H groups in total. The smallest absolute Gasteiger partial charge is 0.250 e. The number of phenolic OH excluding ortho intramolecular Hbond substituents is 1. The lowest BCUT2D eigenvalue weighted by molar-refractivity contribution is -0.142. The molecule has 3 amide bonds. The van der Waals surface area contributed by atoms with Crippen LogP contribution in [0.1, 0.15) is 61.4 Å². The number of fused-ring (bicyclic) bond motifs is 1. The Balaban J connectivity index is 1.53. The molecule has 2 aliphatic rings. The van der Waals surface area contributed by atoms with Crippen molar-refractivity contribution in [1.29, 1.82) is 0 Å². The Morgan fingerprint density at radius 3 is 2.53 bits per heavy atom. The monoisotopic (exact) mass is 490 g/mol. The lowest BCUT2D eigenvalue weighted by Crippen LogP contribution is -2.52. The first-order valence-electron chi connectivity index (χ1n) is 12.7. The van der Waals surface area contributed by atoms with Gasteiger partial charge in [-0.2, -0.15) is 0 Å². The Morgan fingerprint density at radius 2 is 1.81 bits per heavy atom. The van der Waals surface area contributed by atoms with E-state index in [0.717, 1.165) is 31.2 Å². The first kappa shape index (κ1) is 25.8. The molecule has 2 aromatic rings. The molecule has 2 aromatic carbocycles. The number of benzene rings is 2. The molecule has 1 aliphatic carbocycles. The maximum absolute atomic E-state index is 13.8. The van der Waals surface area contributed by atoms with Gasteiger partial charge in [0.05, 0.1) is 12.1 Å². The van der Waals surface area contributed by atoms with Crippen LogP contribution in [0.25, 0.3) is 0 Å². The molecule has 190 valence electrons. The van der Waals surface area contributed by atoms with E-state index < -0.39 is 18.1 Å². The summed E-state index contributed by atoms with van der Waals surface area (Å²) in [6, 6.07) is 12.4. The fourth-order valence-corrected chi connectivity index (χ4v) is 5.09. The van der Waals surface area contributed by atoms with Gasteiger partial charge in [-0.05, 0) is 74.9 Å². The van der Waals surface area contributed by atoms with Crippen LogP contribution >= 0.6 is 0 Å². The van der Waals surface area contributed by atoms with Crippen molar-refractivity contribution in [2.45, 2.75) is 63.2 Å². The number of carbonyl (C=O) groups excluding carboxylic acids is 3. The molecule has 1 heterocycles. The second kappa shape index (κ2) is 11.2. The van der Waals surface area contributed by atoms with Crippen LogP contribution in [0.4, 0.5) is 0 Å². The molecule has 9 heteroatoms. The summed E-state index contributed by atoms with van der Waals surface area (Å²) in [5.41, 5.74) is 2.97. The number of phenols is 1. The van der Waals surface area contributed by atoms with Gasteiger partial charge in [-0.25, -0.2) is 0 Å². The second-order valence-electron chi connectivity index (χ2n) is 10.0. The van der Waals surface area contributed by atoms with E-state index in [4.69, 9.17) is 0 Å². The van der Waals surface area contributed by atoms with E-state index in [0.29, 0.717) is 18.5 Å². The predicted octanol–water partition coefficient (Wildman–Crippen LogP) is 1.60. The fraction of sp³-hybridized carbons (Fsp3) is 0.444. The van der Waals surface area contributed by atoms with Gasteiger partial charge in [-0.3, -0.25) is 14.4 Å². The summed E-state index contributed by atoms with van der Waals surface area (Å²) < 4.78 is 0. The largest absolute Gasteiger partial charge is 0.508 e. The summed E-state index contributed by atoms with van der Waals surface area (Å²) in [5, 5.41) is 15.8. The van der Waals surface area contributed by atoms with Crippen molar-refractivity contribution in [3.05, 3.63) is 65.2 Å². The van der Waals surface area contributed by atoms with Gasteiger partial charge in [0.15, 0.2) is 7.98 Å². The minimum absolute atomic E-state index is 0.0615. The van der Waals surface area contributed by atoms with Crippen LogP contribution in [-0.2, 0) is 20.8 Å². The number of rotatable bonds is 7. The summed E-state index contributed by atoms with van der Waals surface area (Å²) >= 11 is 0. The van der Waals surface area contributed by atoms with E-state index in [1.54, 1.807) is 43.8 Å². The average molecular weight is 490 g/mol. The zero-order valence-corrected chi connectivity index (χ0v) is 21.2.